The van der Waals surface area contributed by atoms with E-state index in [2.05, 4.69) is 58.9 Å². The first-order valence-electron chi connectivity index (χ1n) is 7.17. The zero-order valence-corrected chi connectivity index (χ0v) is 12.9. The average Bonchev–Trinajstić information content (AvgIpc) is 2.65. The lowest BCUT2D eigenvalue weighted by Crippen LogP contribution is -2.31. The molecule has 3 rings (SSSR count). The summed E-state index contributed by atoms with van der Waals surface area (Å²) in [6.07, 6.45) is 0. The second kappa shape index (κ2) is 4.37. The van der Waals surface area contributed by atoms with Crippen molar-refractivity contribution in [3.05, 3.63) is 64.2 Å². The van der Waals surface area contributed by atoms with E-state index in [0.717, 1.165) is 5.75 Å². The highest BCUT2D eigenvalue weighted by Gasteiger charge is 2.42. The fraction of sp³-hybridized carbons (Fsp3) is 0.368. The Bertz CT molecular complexity index is 644. The van der Waals surface area contributed by atoms with Crippen molar-refractivity contribution in [2.75, 3.05) is 0 Å². The van der Waals surface area contributed by atoms with Gasteiger partial charge in [0.2, 0.25) is 0 Å². The topological polar surface area (TPSA) is 9.23 Å². The summed E-state index contributed by atoms with van der Waals surface area (Å²) in [5.41, 5.74) is 6.45. The first-order valence-corrected chi connectivity index (χ1v) is 7.17. The maximum absolute atomic E-state index is 6.12. The molecule has 1 heterocycles. The molecule has 0 amide bonds. The summed E-state index contributed by atoms with van der Waals surface area (Å²) in [5.74, 6) is 1.17. The fourth-order valence-electron chi connectivity index (χ4n) is 3.26. The second-order valence-electron chi connectivity index (χ2n) is 6.37. The molecule has 103 valence electrons. The summed E-state index contributed by atoms with van der Waals surface area (Å²) >= 11 is 0. The minimum absolute atomic E-state index is 0.228. The highest BCUT2D eigenvalue weighted by Crippen LogP contribution is 2.48. The standard InChI is InChI=1S/C19H21O/c1-12-10-15(11-13(2)14(12)3)18-16-8-6-7-9-17(16)20-19(18,4)5/h6-8,10-11,18H,1-5H3. The van der Waals surface area contributed by atoms with E-state index in [1.807, 2.05) is 12.1 Å². The minimum Gasteiger partial charge on any atom is -0.486 e. The molecular formula is C19H21O. The van der Waals surface area contributed by atoms with Gasteiger partial charge in [0.25, 0.3) is 0 Å². The molecule has 1 atom stereocenters. The Labute approximate surface area is 121 Å². The van der Waals surface area contributed by atoms with Gasteiger partial charge in [-0.15, -0.1) is 0 Å². The number of benzene rings is 2. The van der Waals surface area contributed by atoms with E-state index in [-0.39, 0.29) is 11.5 Å². The van der Waals surface area contributed by atoms with Crippen molar-refractivity contribution >= 4 is 0 Å². The van der Waals surface area contributed by atoms with Crippen LogP contribution >= 0.6 is 0 Å². The van der Waals surface area contributed by atoms with Gasteiger partial charge in [0.1, 0.15) is 11.4 Å². The Balaban J connectivity index is 2.18. The molecule has 0 saturated carbocycles. The molecular weight excluding hydrogens is 244 g/mol. The van der Waals surface area contributed by atoms with Crippen LogP contribution in [0.25, 0.3) is 0 Å². The Morgan fingerprint density at radius 3 is 2.40 bits per heavy atom. The lowest BCUT2D eigenvalue weighted by atomic mass is 9.80. The normalized spacial score (nSPS) is 19.6. The number of rotatable bonds is 1. The quantitative estimate of drug-likeness (QED) is 0.725. The van der Waals surface area contributed by atoms with Crippen LogP contribution in [-0.4, -0.2) is 5.60 Å². The number of hydrogen-bond acceptors (Lipinski definition) is 1. The number of fused-ring (bicyclic) bond motifs is 1. The fourth-order valence-corrected chi connectivity index (χ4v) is 3.26. The van der Waals surface area contributed by atoms with Crippen molar-refractivity contribution in [1.29, 1.82) is 0 Å². The Kier molecular flexibility index (Phi) is 2.89. The summed E-state index contributed by atoms with van der Waals surface area (Å²) in [4.78, 5) is 0. The van der Waals surface area contributed by atoms with Gasteiger partial charge in [0, 0.05) is 11.6 Å². The zero-order chi connectivity index (χ0) is 14.5. The van der Waals surface area contributed by atoms with E-state index in [1.54, 1.807) is 0 Å². The zero-order valence-electron chi connectivity index (χ0n) is 12.9. The number of para-hydroxylation sites is 1. The second-order valence-corrected chi connectivity index (χ2v) is 6.37. The van der Waals surface area contributed by atoms with Crippen LogP contribution in [0.5, 0.6) is 5.75 Å². The summed E-state index contributed by atoms with van der Waals surface area (Å²) in [5, 5.41) is 0. The molecule has 0 bridgehead atoms. The monoisotopic (exact) mass is 265 g/mol. The first kappa shape index (κ1) is 13.2. The summed E-state index contributed by atoms with van der Waals surface area (Å²) in [7, 11) is 0. The van der Waals surface area contributed by atoms with Crippen LogP contribution < -0.4 is 4.74 Å². The number of ether oxygens (including phenoxy) is 1. The SMILES string of the molecule is Cc1cc(C2c3ccc[c]c3OC2(C)C)cc(C)c1C. The Morgan fingerprint density at radius 1 is 1.10 bits per heavy atom. The third-order valence-electron chi connectivity index (χ3n) is 4.50. The summed E-state index contributed by atoms with van der Waals surface area (Å²) in [6.45, 7) is 10.9. The highest BCUT2D eigenvalue weighted by atomic mass is 16.5. The molecule has 1 unspecified atom stereocenters. The molecule has 1 aliphatic rings. The van der Waals surface area contributed by atoms with Gasteiger partial charge in [-0.3, -0.25) is 0 Å². The van der Waals surface area contributed by atoms with Crippen LogP contribution in [0.15, 0.2) is 30.3 Å². The summed E-state index contributed by atoms with van der Waals surface area (Å²) < 4.78 is 6.12. The molecule has 0 spiro atoms. The molecule has 0 aliphatic carbocycles. The third-order valence-corrected chi connectivity index (χ3v) is 4.50. The lowest BCUT2D eigenvalue weighted by Gasteiger charge is -2.27. The van der Waals surface area contributed by atoms with Crippen LogP contribution in [0.1, 0.15) is 47.6 Å². The van der Waals surface area contributed by atoms with Crippen LogP contribution in [0.3, 0.4) is 0 Å². The molecule has 0 N–H and O–H groups in total. The maximum Gasteiger partial charge on any atom is 0.132 e. The van der Waals surface area contributed by atoms with Gasteiger partial charge in [0.15, 0.2) is 0 Å². The van der Waals surface area contributed by atoms with Crippen LogP contribution in [-0.2, 0) is 0 Å². The number of aryl methyl sites for hydroxylation is 2. The minimum atomic E-state index is -0.228. The van der Waals surface area contributed by atoms with Crippen molar-refractivity contribution < 1.29 is 4.74 Å². The van der Waals surface area contributed by atoms with E-state index in [0.29, 0.717) is 0 Å². The Hall–Kier alpha value is -1.76. The molecule has 20 heavy (non-hydrogen) atoms. The predicted octanol–water partition coefficient (Wildman–Crippen LogP) is 4.71. The van der Waals surface area contributed by atoms with Crippen molar-refractivity contribution in [2.45, 2.75) is 46.1 Å². The molecule has 2 aromatic carbocycles. The Morgan fingerprint density at radius 2 is 1.75 bits per heavy atom. The van der Waals surface area contributed by atoms with E-state index in [1.165, 1.54) is 27.8 Å². The third kappa shape index (κ3) is 1.93. The predicted molar refractivity (Wildman–Crippen MR) is 82.5 cm³/mol. The van der Waals surface area contributed by atoms with E-state index < -0.39 is 0 Å². The van der Waals surface area contributed by atoms with E-state index >= 15 is 0 Å². The first-order chi connectivity index (χ1) is 9.40. The van der Waals surface area contributed by atoms with Gasteiger partial charge in [-0.2, -0.15) is 0 Å². The molecule has 1 radical (unpaired) electrons. The van der Waals surface area contributed by atoms with Gasteiger partial charge in [0.05, 0.1) is 5.92 Å². The molecule has 0 fully saturated rings. The van der Waals surface area contributed by atoms with Gasteiger partial charge >= 0.3 is 0 Å². The van der Waals surface area contributed by atoms with Crippen LogP contribution in [0.2, 0.25) is 0 Å². The average molecular weight is 265 g/mol. The number of hydrogen-bond donors (Lipinski definition) is 0. The highest BCUT2D eigenvalue weighted by molar-refractivity contribution is 5.50. The van der Waals surface area contributed by atoms with Crippen molar-refractivity contribution in [2.24, 2.45) is 0 Å². The van der Waals surface area contributed by atoms with Crippen molar-refractivity contribution in [1.82, 2.24) is 0 Å². The summed E-state index contributed by atoms with van der Waals surface area (Å²) in [6, 6.07) is 14.0. The maximum atomic E-state index is 6.12. The molecule has 1 aliphatic heterocycles. The van der Waals surface area contributed by atoms with Gasteiger partial charge < -0.3 is 4.74 Å². The molecule has 0 saturated heterocycles. The van der Waals surface area contributed by atoms with E-state index in [9.17, 15) is 0 Å². The largest absolute Gasteiger partial charge is 0.486 e. The van der Waals surface area contributed by atoms with Gasteiger partial charge in [-0.05, 0) is 56.9 Å². The lowest BCUT2D eigenvalue weighted by molar-refractivity contribution is 0.122. The van der Waals surface area contributed by atoms with Gasteiger partial charge in [-0.25, -0.2) is 0 Å². The molecule has 2 aromatic rings. The molecule has 1 heteroatoms. The molecule has 1 nitrogen and oxygen atoms in total. The van der Waals surface area contributed by atoms with Crippen LogP contribution in [0.4, 0.5) is 0 Å². The van der Waals surface area contributed by atoms with Crippen LogP contribution in [0, 0.1) is 26.8 Å². The smallest absolute Gasteiger partial charge is 0.132 e. The van der Waals surface area contributed by atoms with Crippen molar-refractivity contribution in [3.63, 3.8) is 0 Å². The van der Waals surface area contributed by atoms with Gasteiger partial charge in [-0.1, -0.05) is 30.3 Å². The van der Waals surface area contributed by atoms with E-state index in [4.69, 9.17) is 4.74 Å². The molecule has 0 aromatic heterocycles. The van der Waals surface area contributed by atoms with Crippen molar-refractivity contribution in [3.8, 4) is 5.75 Å².